The van der Waals surface area contributed by atoms with E-state index in [4.69, 9.17) is 14.5 Å². The summed E-state index contributed by atoms with van der Waals surface area (Å²) < 4.78 is 10.6. The van der Waals surface area contributed by atoms with Gasteiger partial charge in [0.05, 0.1) is 30.2 Å². The van der Waals surface area contributed by atoms with Crippen molar-refractivity contribution in [2.45, 2.75) is 19.9 Å². The first-order chi connectivity index (χ1) is 18.9. The van der Waals surface area contributed by atoms with Crippen LogP contribution in [0.3, 0.4) is 0 Å². The predicted molar refractivity (Wildman–Crippen MR) is 151 cm³/mol. The van der Waals surface area contributed by atoms with Crippen LogP contribution in [0.5, 0.6) is 11.5 Å². The van der Waals surface area contributed by atoms with Crippen LogP contribution >= 0.6 is 11.8 Å². The molecule has 3 amide bonds. The molecule has 10 heteroatoms. The smallest absolute Gasteiger partial charge is 0.293 e. The number of para-hydroxylation sites is 1. The van der Waals surface area contributed by atoms with Crippen molar-refractivity contribution in [3.8, 4) is 11.5 Å². The van der Waals surface area contributed by atoms with Crippen molar-refractivity contribution in [1.29, 1.82) is 0 Å². The minimum atomic E-state index is -0.389. The normalized spacial score (nSPS) is 16.6. The summed E-state index contributed by atoms with van der Waals surface area (Å²) in [5.74, 6) is 0.486. The number of imide groups is 1. The molecule has 1 aromatic heterocycles. The fourth-order valence-electron chi connectivity index (χ4n) is 4.93. The molecule has 2 aliphatic heterocycles. The van der Waals surface area contributed by atoms with E-state index in [1.54, 1.807) is 31.4 Å². The number of hydrogen-bond acceptors (Lipinski definition) is 8. The van der Waals surface area contributed by atoms with E-state index in [0.29, 0.717) is 34.1 Å². The van der Waals surface area contributed by atoms with E-state index in [1.807, 2.05) is 24.3 Å². The number of benzene rings is 2. The van der Waals surface area contributed by atoms with Crippen molar-refractivity contribution in [1.82, 2.24) is 20.1 Å². The summed E-state index contributed by atoms with van der Waals surface area (Å²) in [6.45, 7) is 4.79. The molecule has 5 rings (SSSR count). The molecule has 0 saturated carbocycles. The van der Waals surface area contributed by atoms with E-state index in [9.17, 15) is 14.4 Å². The van der Waals surface area contributed by atoms with Crippen LogP contribution in [0.4, 0.5) is 4.79 Å². The molecule has 202 valence electrons. The number of likely N-dealkylation sites (N-methyl/N-ethyl adjacent to an activating group) is 1. The molecule has 0 radical (unpaired) electrons. The van der Waals surface area contributed by atoms with Crippen LogP contribution in [0, 0.1) is 0 Å². The zero-order valence-electron chi connectivity index (χ0n) is 22.2. The Morgan fingerprint density at radius 3 is 2.69 bits per heavy atom. The van der Waals surface area contributed by atoms with E-state index in [1.165, 1.54) is 7.11 Å². The number of carbonyl (C=O) groups is 3. The van der Waals surface area contributed by atoms with Crippen LogP contribution < -0.4 is 14.8 Å². The first-order valence-corrected chi connectivity index (χ1v) is 13.6. The number of amides is 3. The first-order valence-electron chi connectivity index (χ1n) is 12.8. The van der Waals surface area contributed by atoms with Gasteiger partial charge in [-0.2, -0.15) is 0 Å². The number of nitrogens with zero attached hydrogens (tertiary/aromatic N) is 3. The number of rotatable bonds is 8. The third kappa shape index (κ3) is 5.35. The summed E-state index contributed by atoms with van der Waals surface area (Å²) in [5.41, 5.74) is 4.02. The van der Waals surface area contributed by atoms with Gasteiger partial charge in [0.2, 0.25) is 0 Å². The van der Waals surface area contributed by atoms with E-state index in [2.05, 4.69) is 17.1 Å². The highest BCUT2D eigenvalue weighted by Crippen LogP contribution is 2.34. The highest BCUT2D eigenvalue weighted by atomic mass is 32.2. The van der Waals surface area contributed by atoms with Gasteiger partial charge in [0.25, 0.3) is 17.1 Å². The lowest BCUT2D eigenvalue weighted by Crippen LogP contribution is -2.38. The zero-order chi connectivity index (χ0) is 27.5. The Balaban J connectivity index is 1.30. The number of carbonyl (C=O) groups excluding carboxylic acids is 3. The maximum absolute atomic E-state index is 13.5. The SMILES string of the molecule is CCN1CCc2nc3ccccc3c(C(=O)NCCN3C(=O)S/C(=C/c4ccc(OC)c(OC)c4)C3=O)c2C1. The van der Waals surface area contributed by atoms with Crippen LogP contribution in [0.1, 0.15) is 34.1 Å². The Hall–Kier alpha value is -3.89. The number of hydrogen-bond donors (Lipinski definition) is 1. The second kappa shape index (κ2) is 11.5. The highest BCUT2D eigenvalue weighted by molar-refractivity contribution is 8.18. The standard InChI is InChI=1S/C29H30N4O5S/c1-4-32-13-11-22-20(17-32)26(19-7-5-6-8-21(19)31-22)27(34)30-12-14-33-28(35)25(39-29(33)36)16-18-9-10-23(37-2)24(15-18)38-3/h5-10,15-16H,4,11-14,17H2,1-3H3,(H,30,34)/b25-16+. The van der Waals surface area contributed by atoms with Gasteiger partial charge in [0.1, 0.15) is 0 Å². The molecule has 3 heterocycles. The lowest BCUT2D eigenvalue weighted by molar-refractivity contribution is -0.122. The number of ether oxygens (including phenoxy) is 2. The summed E-state index contributed by atoms with van der Waals surface area (Å²) in [7, 11) is 3.08. The second-order valence-electron chi connectivity index (χ2n) is 9.25. The average molecular weight is 547 g/mol. The van der Waals surface area contributed by atoms with Crippen LogP contribution in [-0.4, -0.2) is 72.2 Å². The summed E-state index contributed by atoms with van der Waals surface area (Å²) in [4.78, 5) is 47.7. The predicted octanol–water partition coefficient (Wildman–Crippen LogP) is 4.10. The van der Waals surface area contributed by atoms with Crippen LogP contribution in [0.2, 0.25) is 0 Å². The summed E-state index contributed by atoms with van der Waals surface area (Å²) in [6, 6.07) is 12.9. The van der Waals surface area contributed by atoms with E-state index >= 15 is 0 Å². The van der Waals surface area contributed by atoms with Gasteiger partial charge in [0.15, 0.2) is 11.5 Å². The fourth-order valence-corrected chi connectivity index (χ4v) is 5.80. The Morgan fingerprint density at radius 2 is 1.92 bits per heavy atom. The molecule has 39 heavy (non-hydrogen) atoms. The van der Waals surface area contributed by atoms with Gasteiger partial charge in [-0.15, -0.1) is 0 Å². The molecular formula is C29H30N4O5S. The van der Waals surface area contributed by atoms with Gasteiger partial charge in [-0.1, -0.05) is 31.2 Å². The van der Waals surface area contributed by atoms with Crippen molar-refractivity contribution >= 4 is 45.8 Å². The number of fused-ring (bicyclic) bond motifs is 2. The van der Waals surface area contributed by atoms with Crippen LogP contribution in [0.25, 0.3) is 17.0 Å². The molecule has 0 atom stereocenters. The minimum absolute atomic E-state index is 0.0754. The van der Waals surface area contributed by atoms with Crippen molar-refractivity contribution < 1.29 is 23.9 Å². The molecule has 9 nitrogen and oxygen atoms in total. The first kappa shape index (κ1) is 26.7. The molecule has 2 aliphatic rings. The third-order valence-corrected chi connectivity index (χ3v) is 7.91. The number of aromatic nitrogens is 1. The van der Waals surface area contributed by atoms with Crippen LogP contribution in [-0.2, 0) is 17.8 Å². The molecule has 1 N–H and O–H groups in total. The van der Waals surface area contributed by atoms with Crippen molar-refractivity contribution in [3.63, 3.8) is 0 Å². The van der Waals surface area contributed by atoms with Gasteiger partial charge >= 0.3 is 0 Å². The lowest BCUT2D eigenvalue weighted by atomic mass is 9.95. The van der Waals surface area contributed by atoms with Crippen molar-refractivity contribution in [3.05, 3.63) is 69.8 Å². The maximum Gasteiger partial charge on any atom is 0.293 e. The lowest BCUT2D eigenvalue weighted by Gasteiger charge is -2.29. The van der Waals surface area contributed by atoms with Gasteiger partial charge in [-0.3, -0.25) is 29.2 Å². The van der Waals surface area contributed by atoms with E-state index in [0.717, 1.165) is 58.3 Å². The number of thioether (sulfide) groups is 1. The number of pyridine rings is 1. The van der Waals surface area contributed by atoms with Gasteiger partial charge in [0, 0.05) is 49.2 Å². The Labute approximate surface area is 231 Å². The molecular weight excluding hydrogens is 516 g/mol. The van der Waals surface area contributed by atoms with E-state index < -0.39 is 0 Å². The van der Waals surface area contributed by atoms with Crippen molar-refractivity contribution in [2.75, 3.05) is 40.4 Å². The molecule has 1 fully saturated rings. The van der Waals surface area contributed by atoms with Crippen molar-refractivity contribution in [2.24, 2.45) is 0 Å². The molecule has 0 spiro atoms. The quantitative estimate of drug-likeness (QED) is 0.422. The van der Waals surface area contributed by atoms with Gasteiger partial charge < -0.3 is 14.8 Å². The molecule has 2 aromatic carbocycles. The highest BCUT2D eigenvalue weighted by Gasteiger charge is 2.35. The Bertz CT molecular complexity index is 1490. The Kier molecular flexibility index (Phi) is 7.85. The minimum Gasteiger partial charge on any atom is -0.493 e. The van der Waals surface area contributed by atoms with Gasteiger partial charge in [-0.25, -0.2) is 0 Å². The summed E-state index contributed by atoms with van der Waals surface area (Å²) in [5, 5.41) is 3.38. The second-order valence-corrected chi connectivity index (χ2v) is 10.2. The Morgan fingerprint density at radius 1 is 1.13 bits per heavy atom. The molecule has 3 aromatic rings. The van der Waals surface area contributed by atoms with Gasteiger partial charge in [-0.05, 0) is 48.1 Å². The monoisotopic (exact) mass is 546 g/mol. The number of methoxy groups -OCH3 is 2. The third-order valence-electron chi connectivity index (χ3n) is 7.00. The maximum atomic E-state index is 13.5. The fraction of sp³-hybridized carbons (Fsp3) is 0.310. The average Bonchev–Trinajstić information content (AvgIpc) is 3.22. The van der Waals surface area contributed by atoms with E-state index in [-0.39, 0.29) is 30.1 Å². The molecule has 1 saturated heterocycles. The summed E-state index contributed by atoms with van der Waals surface area (Å²) in [6.07, 6.45) is 2.44. The molecule has 0 aliphatic carbocycles. The summed E-state index contributed by atoms with van der Waals surface area (Å²) >= 11 is 0.878. The largest absolute Gasteiger partial charge is 0.493 e. The number of nitrogens with one attached hydrogen (secondary N) is 1. The zero-order valence-corrected chi connectivity index (χ0v) is 23.0. The molecule has 0 unspecified atom stereocenters. The molecule has 0 bridgehead atoms. The van der Waals surface area contributed by atoms with Crippen LogP contribution in [0.15, 0.2) is 47.4 Å². The topological polar surface area (TPSA) is 101 Å².